The molecule has 0 amide bonds. The zero-order valence-corrected chi connectivity index (χ0v) is 13.8. The Bertz CT molecular complexity index is 838. The van der Waals surface area contributed by atoms with Crippen molar-refractivity contribution < 1.29 is 4.74 Å². The number of H-pyrrole nitrogens is 1. The summed E-state index contributed by atoms with van der Waals surface area (Å²) in [4.78, 5) is 11.9. The minimum absolute atomic E-state index is 0.802. The van der Waals surface area contributed by atoms with Gasteiger partial charge in [-0.2, -0.15) is 0 Å². The lowest BCUT2D eigenvalue weighted by Gasteiger charge is -2.09. The Morgan fingerprint density at radius 3 is 2.61 bits per heavy atom. The second-order valence-corrected chi connectivity index (χ2v) is 5.52. The van der Waals surface area contributed by atoms with Crippen LogP contribution < -0.4 is 4.74 Å². The molecule has 118 valence electrons. The van der Waals surface area contributed by atoms with Crippen LogP contribution in [0.1, 0.15) is 28.5 Å². The zero-order chi connectivity index (χ0) is 16.4. The molecule has 0 bridgehead atoms. The van der Waals surface area contributed by atoms with Crippen molar-refractivity contribution in [3.63, 3.8) is 0 Å². The highest BCUT2D eigenvalue weighted by Gasteiger charge is 2.06. The highest BCUT2D eigenvalue weighted by atomic mass is 16.5. The summed E-state index contributed by atoms with van der Waals surface area (Å²) in [6.07, 6.45) is 7.75. The molecule has 1 aromatic carbocycles. The number of benzene rings is 1. The van der Waals surface area contributed by atoms with E-state index in [4.69, 9.17) is 4.74 Å². The molecule has 5 nitrogen and oxygen atoms in total. The third kappa shape index (κ3) is 3.18. The van der Waals surface area contributed by atoms with Gasteiger partial charge in [0.1, 0.15) is 11.6 Å². The highest BCUT2D eigenvalue weighted by Crippen LogP contribution is 2.25. The average Bonchev–Trinajstić information content (AvgIpc) is 3.11. The SMILES string of the molecule is COc1cc(C=Cc2nc(C)c(C)[nH]2)ccc1-n1cnc(C)c1. The van der Waals surface area contributed by atoms with Crippen molar-refractivity contribution in [1.29, 1.82) is 0 Å². The Morgan fingerprint density at radius 2 is 2.00 bits per heavy atom. The summed E-state index contributed by atoms with van der Waals surface area (Å²) in [6, 6.07) is 6.08. The summed E-state index contributed by atoms with van der Waals surface area (Å²) in [6.45, 7) is 5.98. The van der Waals surface area contributed by atoms with E-state index in [-0.39, 0.29) is 0 Å². The van der Waals surface area contributed by atoms with Gasteiger partial charge < -0.3 is 14.3 Å². The number of nitrogens with one attached hydrogen (secondary N) is 1. The van der Waals surface area contributed by atoms with Crippen LogP contribution in [-0.4, -0.2) is 26.6 Å². The number of aromatic nitrogens is 4. The molecule has 23 heavy (non-hydrogen) atoms. The summed E-state index contributed by atoms with van der Waals surface area (Å²) in [5.74, 6) is 1.66. The number of methoxy groups -OCH3 is 1. The molecule has 0 saturated carbocycles. The quantitative estimate of drug-likeness (QED) is 0.799. The summed E-state index contributed by atoms with van der Waals surface area (Å²) < 4.78 is 7.48. The van der Waals surface area contributed by atoms with Gasteiger partial charge in [0, 0.05) is 11.9 Å². The smallest absolute Gasteiger partial charge is 0.143 e. The van der Waals surface area contributed by atoms with Gasteiger partial charge in [-0.25, -0.2) is 9.97 Å². The second kappa shape index (κ2) is 6.12. The monoisotopic (exact) mass is 308 g/mol. The molecule has 2 aromatic heterocycles. The van der Waals surface area contributed by atoms with E-state index in [1.807, 2.05) is 61.9 Å². The van der Waals surface area contributed by atoms with Gasteiger partial charge >= 0.3 is 0 Å². The topological polar surface area (TPSA) is 55.7 Å². The van der Waals surface area contributed by atoms with Crippen LogP contribution in [0.15, 0.2) is 30.7 Å². The average molecular weight is 308 g/mol. The minimum atomic E-state index is 0.802. The molecule has 0 radical (unpaired) electrons. The van der Waals surface area contributed by atoms with Gasteiger partial charge in [-0.1, -0.05) is 12.1 Å². The number of imidazole rings is 2. The molecule has 0 fully saturated rings. The fraction of sp³-hybridized carbons (Fsp3) is 0.222. The Kier molecular flexibility index (Phi) is 4.02. The standard InChI is InChI=1S/C18H20N4O/c1-12-10-22(11-19-12)16-7-5-15(9-17(16)23-4)6-8-18-20-13(2)14(3)21-18/h5-11H,1-4H3,(H,20,21). The summed E-state index contributed by atoms with van der Waals surface area (Å²) in [7, 11) is 1.68. The van der Waals surface area contributed by atoms with Crippen LogP contribution in [0.2, 0.25) is 0 Å². The maximum atomic E-state index is 5.52. The first-order valence-electron chi connectivity index (χ1n) is 7.47. The molecule has 0 aliphatic carbocycles. The number of rotatable bonds is 4. The Labute approximate surface area is 135 Å². The van der Waals surface area contributed by atoms with E-state index in [1.165, 1.54) is 0 Å². The predicted octanol–water partition coefficient (Wildman–Crippen LogP) is 3.70. The van der Waals surface area contributed by atoms with Crippen molar-refractivity contribution in [3.8, 4) is 11.4 Å². The number of hydrogen-bond acceptors (Lipinski definition) is 3. The zero-order valence-electron chi connectivity index (χ0n) is 13.8. The predicted molar refractivity (Wildman–Crippen MR) is 91.8 cm³/mol. The van der Waals surface area contributed by atoms with Gasteiger partial charge in [-0.15, -0.1) is 0 Å². The van der Waals surface area contributed by atoms with E-state index >= 15 is 0 Å². The Balaban J connectivity index is 1.89. The van der Waals surface area contributed by atoms with Crippen LogP contribution in [0.4, 0.5) is 0 Å². The first-order valence-corrected chi connectivity index (χ1v) is 7.47. The van der Waals surface area contributed by atoms with Gasteiger partial charge in [-0.3, -0.25) is 0 Å². The largest absolute Gasteiger partial charge is 0.495 e. The molecule has 0 unspecified atom stereocenters. The summed E-state index contributed by atoms with van der Waals surface area (Å²) in [5.41, 5.74) is 5.10. The normalized spacial score (nSPS) is 11.3. The van der Waals surface area contributed by atoms with Crippen LogP contribution in [0, 0.1) is 20.8 Å². The molecule has 1 N–H and O–H groups in total. The van der Waals surface area contributed by atoms with E-state index in [2.05, 4.69) is 15.0 Å². The number of nitrogens with zero attached hydrogens (tertiary/aromatic N) is 3. The van der Waals surface area contributed by atoms with Gasteiger partial charge in [-0.05, 0) is 44.5 Å². The second-order valence-electron chi connectivity index (χ2n) is 5.52. The van der Waals surface area contributed by atoms with Crippen LogP contribution in [0.3, 0.4) is 0 Å². The molecular weight excluding hydrogens is 288 g/mol. The first-order chi connectivity index (χ1) is 11.1. The van der Waals surface area contributed by atoms with Crippen molar-refractivity contribution in [2.45, 2.75) is 20.8 Å². The van der Waals surface area contributed by atoms with Gasteiger partial charge in [0.15, 0.2) is 0 Å². The lowest BCUT2D eigenvalue weighted by molar-refractivity contribution is 0.413. The maximum absolute atomic E-state index is 5.52. The fourth-order valence-corrected chi connectivity index (χ4v) is 2.39. The lowest BCUT2D eigenvalue weighted by Crippen LogP contribution is -1.95. The van der Waals surface area contributed by atoms with Crippen LogP contribution in [0.5, 0.6) is 5.75 Å². The number of aromatic amines is 1. The summed E-state index contributed by atoms with van der Waals surface area (Å²) >= 11 is 0. The Hall–Kier alpha value is -2.82. The summed E-state index contributed by atoms with van der Waals surface area (Å²) in [5, 5.41) is 0. The first kappa shape index (κ1) is 15.1. The third-order valence-electron chi connectivity index (χ3n) is 3.77. The number of ether oxygens (including phenoxy) is 1. The molecule has 2 heterocycles. The van der Waals surface area contributed by atoms with E-state index in [0.717, 1.165) is 39.9 Å². The molecule has 0 spiro atoms. The number of aryl methyl sites for hydroxylation is 3. The van der Waals surface area contributed by atoms with Gasteiger partial charge in [0.2, 0.25) is 0 Å². The lowest BCUT2D eigenvalue weighted by atomic mass is 10.1. The third-order valence-corrected chi connectivity index (χ3v) is 3.77. The van der Waals surface area contributed by atoms with E-state index in [1.54, 1.807) is 13.4 Å². The van der Waals surface area contributed by atoms with E-state index in [9.17, 15) is 0 Å². The molecule has 0 aliphatic rings. The van der Waals surface area contributed by atoms with Crippen LogP contribution in [0.25, 0.3) is 17.8 Å². The molecule has 5 heteroatoms. The Morgan fingerprint density at radius 1 is 1.17 bits per heavy atom. The van der Waals surface area contributed by atoms with Crippen LogP contribution in [-0.2, 0) is 0 Å². The van der Waals surface area contributed by atoms with Crippen molar-refractivity contribution in [3.05, 3.63) is 59.2 Å². The van der Waals surface area contributed by atoms with Crippen molar-refractivity contribution in [1.82, 2.24) is 19.5 Å². The molecule has 0 saturated heterocycles. The molecular formula is C18H20N4O. The highest BCUT2D eigenvalue weighted by molar-refractivity contribution is 5.69. The molecule has 3 rings (SSSR count). The fourth-order valence-electron chi connectivity index (χ4n) is 2.39. The van der Waals surface area contributed by atoms with E-state index in [0.29, 0.717) is 0 Å². The van der Waals surface area contributed by atoms with Crippen molar-refractivity contribution in [2.75, 3.05) is 7.11 Å². The van der Waals surface area contributed by atoms with Crippen LogP contribution >= 0.6 is 0 Å². The van der Waals surface area contributed by atoms with E-state index < -0.39 is 0 Å². The maximum Gasteiger partial charge on any atom is 0.143 e. The van der Waals surface area contributed by atoms with Crippen molar-refractivity contribution in [2.24, 2.45) is 0 Å². The molecule has 0 atom stereocenters. The van der Waals surface area contributed by atoms with Gasteiger partial charge in [0.05, 0.1) is 30.5 Å². The van der Waals surface area contributed by atoms with Crippen molar-refractivity contribution >= 4 is 12.2 Å². The molecule has 0 aliphatic heterocycles. The molecule has 3 aromatic rings. The van der Waals surface area contributed by atoms with Gasteiger partial charge in [0.25, 0.3) is 0 Å². The number of hydrogen-bond donors (Lipinski definition) is 1. The minimum Gasteiger partial charge on any atom is -0.495 e.